The van der Waals surface area contributed by atoms with Gasteiger partial charge < -0.3 is 15.2 Å². The van der Waals surface area contributed by atoms with E-state index in [1.807, 2.05) is 0 Å². The van der Waals surface area contributed by atoms with Crippen molar-refractivity contribution < 1.29 is 27.8 Å². The van der Waals surface area contributed by atoms with E-state index in [9.17, 15) is 18.0 Å². The molecule has 1 saturated heterocycles. The molecule has 104 valence electrons. The van der Waals surface area contributed by atoms with Gasteiger partial charge in [-0.1, -0.05) is 0 Å². The number of rotatable bonds is 4. The van der Waals surface area contributed by atoms with Crippen LogP contribution < -0.4 is 5.32 Å². The molecule has 2 N–H and O–H groups in total. The maximum atomic E-state index is 12.9. The predicted molar refractivity (Wildman–Crippen MR) is 60.3 cm³/mol. The van der Waals surface area contributed by atoms with Crippen molar-refractivity contribution in [2.75, 3.05) is 11.9 Å². The molecule has 1 heterocycles. The van der Waals surface area contributed by atoms with Gasteiger partial charge in [-0.15, -0.1) is 0 Å². The average Bonchev–Trinajstić information content (AvgIpc) is 2.82. The van der Waals surface area contributed by atoms with E-state index in [4.69, 9.17) is 9.84 Å². The van der Waals surface area contributed by atoms with Gasteiger partial charge >= 0.3 is 5.97 Å². The first-order chi connectivity index (χ1) is 8.97. The van der Waals surface area contributed by atoms with E-state index in [0.717, 1.165) is 12.1 Å². The summed E-state index contributed by atoms with van der Waals surface area (Å²) < 4.78 is 43.8. The second kappa shape index (κ2) is 5.48. The highest BCUT2D eigenvalue weighted by molar-refractivity contribution is 5.72. The van der Waals surface area contributed by atoms with Gasteiger partial charge in [0.2, 0.25) is 0 Å². The molecule has 4 nitrogen and oxygen atoms in total. The van der Waals surface area contributed by atoms with Crippen molar-refractivity contribution in [2.24, 2.45) is 0 Å². The number of hydrogen-bond acceptors (Lipinski definition) is 3. The average molecular weight is 275 g/mol. The fraction of sp³-hybridized carbons (Fsp3) is 0.417. The Kier molecular flexibility index (Phi) is 3.94. The fourth-order valence-corrected chi connectivity index (χ4v) is 1.93. The highest BCUT2D eigenvalue weighted by atomic mass is 19.2. The van der Waals surface area contributed by atoms with Gasteiger partial charge in [-0.25, -0.2) is 18.0 Å². The Morgan fingerprint density at radius 3 is 2.47 bits per heavy atom. The standard InChI is InChI=1S/C12H12F3NO3/c13-8-3-6(4-9(14)11(8)15)16-5-7-1-2-10(19-7)12(17)18/h3-4,7,10,16H,1-2,5H2,(H,17,18). The SMILES string of the molecule is O=C(O)C1CCC(CNc2cc(F)c(F)c(F)c2)O1. The minimum absolute atomic E-state index is 0.0822. The van der Waals surface area contributed by atoms with Crippen LogP contribution in [0.2, 0.25) is 0 Å². The summed E-state index contributed by atoms with van der Waals surface area (Å²) in [4.78, 5) is 10.7. The summed E-state index contributed by atoms with van der Waals surface area (Å²) in [6, 6.07) is 1.67. The Hall–Kier alpha value is -1.76. The van der Waals surface area contributed by atoms with Gasteiger partial charge in [-0.3, -0.25) is 0 Å². The van der Waals surface area contributed by atoms with Crippen LogP contribution in [0.1, 0.15) is 12.8 Å². The number of hydrogen-bond donors (Lipinski definition) is 2. The molecule has 19 heavy (non-hydrogen) atoms. The molecule has 0 saturated carbocycles. The fourth-order valence-electron chi connectivity index (χ4n) is 1.93. The first-order valence-electron chi connectivity index (χ1n) is 5.74. The summed E-state index contributed by atoms with van der Waals surface area (Å²) >= 11 is 0. The van der Waals surface area contributed by atoms with Crippen molar-refractivity contribution in [3.63, 3.8) is 0 Å². The predicted octanol–water partition coefficient (Wildman–Crippen LogP) is 2.15. The Labute approximate surface area is 107 Å². The Morgan fingerprint density at radius 2 is 1.95 bits per heavy atom. The molecule has 2 atom stereocenters. The number of nitrogens with one attached hydrogen (secondary N) is 1. The molecular weight excluding hydrogens is 263 g/mol. The quantitative estimate of drug-likeness (QED) is 0.827. The number of aliphatic carboxylic acids is 1. The number of benzene rings is 1. The van der Waals surface area contributed by atoms with Crippen molar-refractivity contribution in [2.45, 2.75) is 25.0 Å². The van der Waals surface area contributed by atoms with Crippen LogP contribution in [0.15, 0.2) is 12.1 Å². The van der Waals surface area contributed by atoms with Crippen LogP contribution in [0.5, 0.6) is 0 Å². The normalized spacial score (nSPS) is 22.5. The number of anilines is 1. The van der Waals surface area contributed by atoms with Gasteiger partial charge in [0.1, 0.15) is 0 Å². The Balaban J connectivity index is 1.91. The van der Waals surface area contributed by atoms with Gasteiger partial charge in [0.15, 0.2) is 23.6 Å². The van der Waals surface area contributed by atoms with E-state index in [2.05, 4.69) is 5.32 Å². The summed E-state index contributed by atoms with van der Waals surface area (Å²) in [5.74, 6) is -5.11. The first kappa shape index (κ1) is 13.7. The highest BCUT2D eigenvalue weighted by Crippen LogP contribution is 2.22. The highest BCUT2D eigenvalue weighted by Gasteiger charge is 2.30. The smallest absolute Gasteiger partial charge is 0.332 e. The van der Waals surface area contributed by atoms with Crippen LogP contribution in [-0.4, -0.2) is 29.8 Å². The van der Waals surface area contributed by atoms with Crippen LogP contribution in [-0.2, 0) is 9.53 Å². The Morgan fingerprint density at radius 1 is 1.32 bits per heavy atom. The Bertz CT molecular complexity index is 472. The van der Waals surface area contributed by atoms with Crippen molar-refractivity contribution in [1.82, 2.24) is 0 Å². The van der Waals surface area contributed by atoms with Crippen molar-refractivity contribution in [1.29, 1.82) is 0 Å². The largest absolute Gasteiger partial charge is 0.479 e. The topological polar surface area (TPSA) is 58.6 Å². The summed E-state index contributed by atoms with van der Waals surface area (Å²) in [5, 5.41) is 11.4. The second-order valence-corrected chi connectivity index (χ2v) is 4.30. The first-order valence-corrected chi connectivity index (χ1v) is 5.74. The molecule has 0 spiro atoms. The molecule has 0 radical (unpaired) electrons. The maximum absolute atomic E-state index is 12.9. The van der Waals surface area contributed by atoms with Crippen molar-refractivity contribution in [3.8, 4) is 0 Å². The number of ether oxygens (including phenoxy) is 1. The molecule has 1 fully saturated rings. The van der Waals surface area contributed by atoms with Crippen molar-refractivity contribution >= 4 is 11.7 Å². The van der Waals surface area contributed by atoms with Gasteiger partial charge in [-0.05, 0) is 12.8 Å². The minimum Gasteiger partial charge on any atom is -0.479 e. The molecule has 1 aliphatic heterocycles. The lowest BCUT2D eigenvalue weighted by molar-refractivity contribution is -0.149. The molecule has 1 aromatic rings. The molecule has 1 aromatic carbocycles. The molecule has 2 rings (SSSR count). The van der Waals surface area contributed by atoms with E-state index >= 15 is 0 Å². The molecular formula is C12H12F3NO3. The summed E-state index contributed by atoms with van der Waals surface area (Å²) in [6.45, 7) is 0.203. The van der Waals surface area contributed by atoms with Crippen molar-refractivity contribution in [3.05, 3.63) is 29.6 Å². The number of halogens is 3. The minimum atomic E-state index is -1.52. The van der Waals surface area contributed by atoms with Crippen LogP contribution in [0.25, 0.3) is 0 Å². The molecule has 7 heteroatoms. The zero-order valence-corrected chi connectivity index (χ0v) is 9.83. The molecule has 2 unspecified atom stereocenters. The lowest BCUT2D eigenvalue weighted by Gasteiger charge is -2.13. The van der Waals surface area contributed by atoms with Crippen LogP contribution in [0, 0.1) is 17.5 Å². The van der Waals surface area contributed by atoms with E-state index < -0.39 is 29.5 Å². The van der Waals surface area contributed by atoms with Gasteiger partial charge in [0.05, 0.1) is 6.10 Å². The van der Waals surface area contributed by atoms with Gasteiger partial charge in [0.25, 0.3) is 0 Å². The second-order valence-electron chi connectivity index (χ2n) is 4.30. The third-order valence-electron chi connectivity index (χ3n) is 2.90. The van der Waals surface area contributed by atoms with Crippen LogP contribution >= 0.6 is 0 Å². The molecule has 0 aliphatic carbocycles. The number of carboxylic acid groups (broad SMARTS) is 1. The lowest BCUT2D eigenvalue weighted by atomic mass is 10.2. The molecule has 0 bridgehead atoms. The van der Waals surface area contributed by atoms with E-state index in [0.29, 0.717) is 12.8 Å². The van der Waals surface area contributed by atoms with Crippen LogP contribution in [0.4, 0.5) is 18.9 Å². The van der Waals surface area contributed by atoms with E-state index in [1.165, 1.54) is 0 Å². The third-order valence-corrected chi connectivity index (χ3v) is 2.90. The molecule has 0 aromatic heterocycles. The summed E-state index contributed by atoms with van der Waals surface area (Å²) in [5.41, 5.74) is 0.0822. The van der Waals surface area contributed by atoms with E-state index in [1.54, 1.807) is 0 Å². The lowest BCUT2D eigenvalue weighted by Crippen LogP contribution is -2.24. The molecule has 0 amide bonds. The molecule has 1 aliphatic rings. The summed E-state index contributed by atoms with van der Waals surface area (Å²) in [7, 11) is 0. The number of carbonyl (C=O) groups is 1. The third kappa shape index (κ3) is 3.17. The van der Waals surface area contributed by atoms with Gasteiger partial charge in [0, 0.05) is 24.4 Å². The monoisotopic (exact) mass is 275 g/mol. The van der Waals surface area contributed by atoms with Gasteiger partial charge in [-0.2, -0.15) is 0 Å². The van der Waals surface area contributed by atoms with E-state index in [-0.39, 0.29) is 18.3 Å². The zero-order chi connectivity index (χ0) is 14.0. The number of carboxylic acids is 1. The maximum Gasteiger partial charge on any atom is 0.332 e. The zero-order valence-electron chi connectivity index (χ0n) is 9.83. The van der Waals surface area contributed by atoms with Crippen LogP contribution in [0.3, 0.4) is 0 Å². The summed E-state index contributed by atoms with van der Waals surface area (Å²) in [6.07, 6.45) is -0.255.